The van der Waals surface area contributed by atoms with Crippen LogP contribution in [0.3, 0.4) is 0 Å². The molecule has 4 rings (SSSR count). The van der Waals surface area contributed by atoms with Gasteiger partial charge in [-0.3, -0.25) is 13.9 Å². The molecule has 0 spiro atoms. The minimum atomic E-state index is -4.45. The minimum Gasteiger partial charge on any atom is -0.480 e. The van der Waals surface area contributed by atoms with E-state index in [-0.39, 0.29) is 41.6 Å². The SMILES string of the molecule is C#C[C@]1(COP(=O)(Oc2ccccc2)N(CC(CC)CC)C(C)C(=O)O)O[C@@H](n2cnc3c(N)nc(F)nc32)C[C@@H]1O. The first-order valence-corrected chi connectivity index (χ1v) is 14.9. The Morgan fingerprint density at radius 2 is 2.05 bits per heavy atom. The largest absolute Gasteiger partial charge is 0.480 e. The molecule has 1 aliphatic rings. The number of aliphatic hydroxyl groups is 1. The molecule has 42 heavy (non-hydrogen) atoms. The lowest BCUT2D eigenvalue weighted by atomic mass is 9.99. The van der Waals surface area contributed by atoms with Crippen molar-refractivity contribution in [2.75, 3.05) is 18.9 Å². The summed E-state index contributed by atoms with van der Waals surface area (Å²) in [6, 6.07) is 6.92. The number of fused-ring (bicyclic) bond motifs is 1. The number of hydrogen-bond acceptors (Lipinski definition) is 10. The number of nitrogen functional groups attached to an aromatic ring is 1. The molecule has 2 aromatic heterocycles. The highest BCUT2D eigenvalue weighted by Crippen LogP contribution is 2.55. The number of hydrogen-bond donors (Lipinski definition) is 3. The van der Waals surface area contributed by atoms with Gasteiger partial charge in [0, 0.05) is 13.0 Å². The highest BCUT2D eigenvalue weighted by Gasteiger charge is 2.52. The molecule has 0 saturated carbocycles. The molecule has 0 amide bonds. The van der Waals surface area contributed by atoms with Crippen LogP contribution in [0, 0.1) is 24.3 Å². The number of aliphatic hydroxyl groups excluding tert-OH is 1. The number of aromatic nitrogens is 4. The van der Waals surface area contributed by atoms with E-state index in [0.717, 1.165) is 0 Å². The molecule has 5 atom stereocenters. The highest BCUT2D eigenvalue weighted by atomic mass is 31.2. The number of carbonyl (C=O) groups is 1. The van der Waals surface area contributed by atoms with Gasteiger partial charge in [0.05, 0.1) is 6.33 Å². The van der Waals surface area contributed by atoms with Crippen molar-refractivity contribution in [1.82, 2.24) is 24.2 Å². The van der Waals surface area contributed by atoms with Crippen LogP contribution in [0.25, 0.3) is 11.2 Å². The van der Waals surface area contributed by atoms with E-state index in [0.29, 0.717) is 12.8 Å². The summed E-state index contributed by atoms with van der Waals surface area (Å²) in [7, 11) is -4.45. The van der Waals surface area contributed by atoms with E-state index in [1.807, 2.05) is 13.8 Å². The van der Waals surface area contributed by atoms with Gasteiger partial charge >= 0.3 is 19.8 Å². The first kappa shape index (κ1) is 31.3. The predicted molar refractivity (Wildman–Crippen MR) is 151 cm³/mol. The van der Waals surface area contributed by atoms with Gasteiger partial charge in [0.2, 0.25) is 0 Å². The third kappa shape index (κ3) is 6.25. The summed E-state index contributed by atoms with van der Waals surface area (Å²) in [5.41, 5.74) is 4.07. The van der Waals surface area contributed by atoms with E-state index in [1.54, 1.807) is 30.3 Å². The standard InChI is InChI=1S/C27H34FN6O7P/c1-5-18(6-2)14-34(17(4)25(36)37)42(38,41-19-11-9-8-10-12-19)39-15-27(7-3)20(35)13-21(40-27)33-16-30-22-23(29)31-26(28)32-24(22)33/h3,8-12,16-18,20-21,35H,5-6,13-15H2,1-2,4H3,(H,36,37)(H2,29,31,32)/t17?,20-,21+,27+,42?/m0/s1. The van der Waals surface area contributed by atoms with Gasteiger partial charge in [0.15, 0.2) is 22.6 Å². The maximum absolute atomic E-state index is 14.6. The zero-order valence-electron chi connectivity index (χ0n) is 23.5. The Kier molecular flexibility index (Phi) is 9.50. The summed E-state index contributed by atoms with van der Waals surface area (Å²) in [6.07, 6.45) is 5.04. The van der Waals surface area contributed by atoms with Crippen molar-refractivity contribution in [3.63, 3.8) is 0 Å². The third-order valence-corrected chi connectivity index (χ3v) is 9.45. The van der Waals surface area contributed by atoms with E-state index >= 15 is 0 Å². The van der Waals surface area contributed by atoms with E-state index < -0.39 is 50.4 Å². The fourth-order valence-electron chi connectivity index (χ4n) is 4.70. The molecule has 1 fully saturated rings. The normalized spacial score (nSPS) is 22.7. The number of halogens is 1. The van der Waals surface area contributed by atoms with E-state index in [1.165, 1.54) is 22.5 Å². The van der Waals surface area contributed by atoms with Gasteiger partial charge in [-0.15, -0.1) is 6.42 Å². The highest BCUT2D eigenvalue weighted by molar-refractivity contribution is 7.51. The predicted octanol–water partition coefficient (Wildman–Crippen LogP) is 3.61. The summed E-state index contributed by atoms with van der Waals surface area (Å²) in [5, 5.41) is 21.0. The van der Waals surface area contributed by atoms with Crippen molar-refractivity contribution in [3.05, 3.63) is 42.7 Å². The lowest BCUT2D eigenvalue weighted by Gasteiger charge is -2.36. The molecule has 1 aromatic carbocycles. The quantitative estimate of drug-likeness (QED) is 0.147. The van der Waals surface area contributed by atoms with Crippen molar-refractivity contribution >= 4 is 30.7 Å². The van der Waals surface area contributed by atoms with Gasteiger partial charge < -0.3 is 25.2 Å². The molecule has 13 nitrogen and oxygen atoms in total. The molecule has 3 aromatic rings. The van der Waals surface area contributed by atoms with Crippen LogP contribution in [0.5, 0.6) is 5.75 Å². The maximum Gasteiger partial charge on any atom is 0.462 e. The van der Waals surface area contributed by atoms with Crippen molar-refractivity contribution in [2.45, 2.75) is 64.0 Å². The lowest BCUT2D eigenvalue weighted by Crippen LogP contribution is -2.45. The molecule has 4 N–H and O–H groups in total. The number of rotatable bonds is 13. The van der Waals surface area contributed by atoms with Crippen LogP contribution in [0.1, 0.15) is 46.3 Å². The van der Waals surface area contributed by atoms with E-state index in [9.17, 15) is 24.0 Å². The molecular formula is C27H34FN6O7P. The van der Waals surface area contributed by atoms with Crippen molar-refractivity contribution in [3.8, 4) is 18.1 Å². The zero-order chi connectivity index (χ0) is 30.7. The summed E-state index contributed by atoms with van der Waals surface area (Å²) < 4.78 is 49.0. The number of nitrogens with zero attached hydrogens (tertiary/aromatic N) is 5. The number of terminal acetylenes is 1. The van der Waals surface area contributed by atoms with Crippen LogP contribution < -0.4 is 10.3 Å². The molecule has 0 aliphatic carbocycles. The minimum absolute atomic E-state index is 0.0215. The molecule has 3 heterocycles. The maximum atomic E-state index is 14.6. The van der Waals surface area contributed by atoms with Crippen LogP contribution in [0.4, 0.5) is 10.2 Å². The summed E-state index contributed by atoms with van der Waals surface area (Å²) in [5.74, 6) is 1.16. The van der Waals surface area contributed by atoms with Crippen molar-refractivity contribution in [1.29, 1.82) is 0 Å². The lowest BCUT2D eigenvalue weighted by molar-refractivity contribution is -0.141. The van der Waals surface area contributed by atoms with Gasteiger partial charge in [-0.05, 0) is 25.0 Å². The molecule has 0 radical (unpaired) electrons. The molecule has 226 valence electrons. The Balaban J connectivity index is 1.67. The van der Waals surface area contributed by atoms with Crippen molar-refractivity contribution < 1.29 is 37.7 Å². The average Bonchev–Trinajstić information content (AvgIpc) is 3.54. The topological polar surface area (TPSA) is 175 Å². The average molecular weight is 605 g/mol. The number of carboxylic acid groups (broad SMARTS) is 1. The van der Waals surface area contributed by atoms with Gasteiger partial charge in [-0.1, -0.05) is 50.8 Å². The summed E-state index contributed by atoms with van der Waals surface area (Å²) >= 11 is 0. The second-order valence-electron chi connectivity index (χ2n) is 10.0. The number of aliphatic carboxylic acids is 1. The number of nitrogens with two attached hydrogens (primary N) is 1. The fourth-order valence-corrected chi connectivity index (χ4v) is 6.70. The van der Waals surface area contributed by atoms with Crippen molar-refractivity contribution in [2.24, 2.45) is 5.92 Å². The first-order chi connectivity index (χ1) is 20.0. The van der Waals surface area contributed by atoms with Crippen LogP contribution in [0.15, 0.2) is 36.7 Å². The second kappa shape index (κ2) is 12.7. The number of ether oxygens (including phenoxy) is 1. The number of carboxylic acids is 1. The number of anilines is 1. The Morgan fingerprint density at radius 3 is 2.67 bits per heavy atom. The molecule has 1 saturated heterocycles. The number of imidazole rings is 1. The Bertz CT molecular complexity index is 1500. The Morgan fingerprint density at radius 1 is 1.36 bits per heavy atom. The number of para-hydroxylation sites is 1. The Hall–Kier alpha value is -3.60. The van der Waals surface area contributed by atoms with Crippen LogP contribution in [0.2, 0.25) is 0 Å². The van der Waals surface area contributed by atoms with Gasteiger partial charge in [0.1, 0.15) is 30.7 Å². The van der Waals surface area contributed by atoms with E-state index in [2.05, 4.69) is 20.9 Å². The zero-order valence-corrected chi connectivity index (χ0v) is 24.4. The van der Waals surface area contributed by atoms with Crippen LogP contribution >= 0.6 is 7.75 Å². The second-order valence-corrected chi connectivity index (χ2v) is 11.9. The fraction of sp³-hybridized carbons (Fsp3) is 0.481. The van der Waals surface area contributed by atoms with Crippen LogP contribution in [-0.2, 0) is 18.6 Å². The summed E-state index contributed by atoms with van der Waals surface area (Å²) in [4.78, 5) is 23.4. The molecule has 0 bridgehead atoms. The van der Waals surface area contributed by atoms with Gasteiger partial charge in [0.25, 0.3) is 0 Å². The monoisotopic (exact) mass is 604 g/mol. The molecule has 15 heteroatoms. The van der Waals surface area contributed by atoms with E-state index in [4.69, 9.17) is 25.9 Å². The third-order valence-electron chi connectivity index (χ3n) is 7.41. The molecule has 2 unspecified atom stereocenters. The smallest absolute Gasteiger partial charge is 0.462 e. The van der Waals surface area contributed by atoms with Gasteiger partial charge in [-0.2, -0.15) is 19.0 Å². The Labute approximate surface area is 242 Å². The number of benzene rings is 1. The molecule has 1 aliphatic heterocycles. The first-order valence-electron chi connectivity index (χ1n) is 13.4. The van der Waals surface area contributed by atoms with Crippen LogP contribution in [-0.4, -0.2) is 71.3 Å². The van der Waals surface area contributed by atoms with Gasteiger partial charge in [-0.25, -0.2) is 9.55 Å². The summed E-state index contributed by atoms with van der Waals surface area (Å²) in [6.45, 7) is 4.74. The molecular weight excluding hydrogens is 570 g/mol.